The van der Waals surface area contributed by atoms with Crippen LogP contribution in [0.4, 0.5) is 0 Å². The summed E-state index contributed by atoms with van der Waals surface area (Å²) in [5, 5.41) is 0. The second-order valence-corrected chi connectivity index (χ2v) is 4.25. The molecule has 0 atom stereocenters. The largest absolute Gasteiger partial charge is 0.454 e. The van der Waals surface area contributed by atoms with Gasteiger partial charge in [0.15, 0.2) is 6.61 Å². The fourth-order valence-corrected chi connectivity index (χ4v) is 1.89. The summed E-state index contributed by atoms with van der Waals surface area (Å²) in [7, 11) is 0. The Morgan fingerprint density at radius 3 is 2.65 bits per heavy atom. The summed E-state index contributed by atoms with van der Waals surface area (Å²) >= 11 is 0. The van der Waals surface area contributed by atoms with Crippen LogP contribution in [0.15, 0.2) is 24.3 Å². The highest BCUT2D eigenvalue weighted by Crippen LogP contribution is 2.19. The molecule has 1 aliphatic rings. The van der Waals surface area contributed by atoms with Gasteiger partial charge >= 0.3 is 5.97 Å². The van der Waals surface area contributed by atoms with Crippen LogP contribution in [0.1, 0.15) is 15.9 Å². The fourth-order valence-electron chi connectivity index (χ4n) is 1.89. The van der Waals surface area contributed by atoms with Crippen LogP contribution in [0.2, 0.25) is 0 Å². The van der Waals surface area contributed by atoms with Crippen LogP contribution in [0.3, 0.4) is 0 Å². The molecular formula is C13H12N2O5. The van der Waals surface area contributed by atoms with Gasteiger partial charge in [-0.3, -0.25) is 24.1 Å². The third kappa shape index (κ3) is 2.82. The molecular weight excluding hydrogens is 264 g/mol. The highest BCUT2D eigenvalue weighted by molar-refractivity contribution is 6.11. The number of carbonyl (C=O) groups excluding carboxylic acids is 4. The minimum absolute atomic E-state index is 0.0466. The Balaban J connectivity index is 2.10. The third-order valence-corrected chi connectivity index (χ3v) is 2.80. The van der Waals surface area contributed by atoms with E-state index in [1.54, 1.807) is 24.3 Å². The lowest BCUT2D eigenvalue weighted by atomic mass is 9.98. The predicted molar refractivity (Wildman–Crippen MR) is 66.3 cm³/mol. The van der Waals surface area contributed by atoms with Crippen LogP contribution in [0.5, 0.6) is 0 Å². The van der Waals surface area contributed by atoms with Crippen molar-refractivity contribution in [1.29, 1.82) is 0 Å². The van der Waals surface area contributed by atoms with E-state index in [0.29, 0.717) is 11.1 Å². The highest BCUT2D eigenvalue weighted by atomic mass is 16.5. The SMILES string of the molecule is NC(=O)COC(=O)CN1C(=O)Cc2ccccc2C1=O. The summed E-state index contributed by atoms with van der Waals surface area (Å²) < 4.78 is 4.53. The van der Waals surface area contributed by atoms with Gasteiger partial charge in [0, 0.05) is 5.56 Å². The number of nitrogens with two attached hydrogens (primary N) is 1. The Morgan fingerprint density at radius 1 is 1.25 bits per heavy atom. The van der Waals surface area contributed by atoms with Crippen molar-refractivity contribution in [2.45, 2.75) is 6.42 Å². The Bertz CT molecular complexity index is 596. The fraction of sp³-hybridized carbons (Fsp3) is 0.231. The van der Waals surface area contributed by atoms with Crippen LogP contribution in [-0.2, 0) is 25.5 Å². The van der Waals surface area contributed by atoms with E-state index in [1.165, 1.54) is 0 Å². The van der Waals surface area contributed by atoms with E-state index in [2.05, 4.69) is 4.74 Å². The van der Waals surface area contributed by atoms with Crippen LogP contribution in [-0.4, -0.2) is 41.7 Å². The zero-order valence-corrected chi connectivity index (χ0v) is 10.5. The van der Waals surface area contributed by atoms with Crippen LogP contribution in [0, 0.1) is 0 Å². The first kappa shape index (κ1) is 13.7. The number of imide groups is 1. The number of benzene rings is 1. The van der Waals surface area contributed by atoms with Crippen LogP contribution >= 0.6 is 0 Å². The van der Waals surface area contributed by atoms with E-state index in [1.807, 2.05) is 0 Å². The first-order valence-corrected chi connectivity index (χ1v) is 5.85. The van der Waals surface area contributed by atoms with E-state index in [-0.39, 0.29) is 6.42 Å². The van der Waals surface area contributed by atoms with Crippen molar-refractivity contribution in [3.63, 3.8) is 0 Å². The molecule has 0 aromatic heterocycles. The predicted octanol–water partition coefficient (Wildman–Crippen LogP) is -0.760. The highest BCUT2D eigenvalue weighted by Gasteiger charge is 2.32. The van der Waals surface area contributed by atoms with Crippen LogP contribution < -0.4 is 5.73 Å². The molecule has 0 saturated carbocycles. The first-order valence-electron chi connectivity index (χ1n) is 5.85. The number of fused-ring (bicyclic) bond motifs is 1. The summed E-state index contributed by atoms with van der Waals surface area (Å²) in [5.41, 5.74) is 5.84. The molecule has 1 aromatic rings. The monoisotopic (exact) mass is 276 g/mol. The molecule has 1 aliphatic heterocycles. The Kier molecular flexibility index (Phi) is 3.79. The molecule has 7 nitrogen and oxygen atoms in total. The quantitative estimate of drug-likeness (QED) is 0.574. The van der Waals surface area contributed by atoms with Gasteiger partial charge < -0.3 is 10.5 Å². The summed E-state index contributed by atoms with van der Waals surface area (Å²) in [4.78, 5) is 46.7. The maximum Gasteiger partial charge on any atom is 0.326 e. The van der Waals surface area contributed by atoms with Gasteiger partial charge in [-0.1, -0.05) is 18.2 Å². The molecule has 2 rings (SSSR count). The number of rotatable bonds is 4. The minimum Gasteiger partial charge on any atom is -0.454 e. The summed E-state index contributed by atoms with van der Waals surface area (Å²) in [6.07, 6.45) is 0.0466. The topological polar surface area (TPSA) is 107 Å². The molecule has 0 fully saturated rings. The van der Waals surface area contributed by atoms with Crippen molar-refractivity contribution >= 4 is 23.7 Å². The lowest BCUT2D eigenvalue weighted by Gasteiger charge is -2.25. The average molecular weight is 276 g/mol. The lowest BCUT2D eigenvalue weighted by Crippen LogP contribution is -2.45. The molecule has 0 spiro atoms. The van der Waals surface area contributed by atoms with E-state index in [4.69, 9.17) is 5.73 Å². The average Bonchev–Trinajstić information content (AvgIpc) is 2.41. The molecule has 0 saturated heterocycles. The third-order valence-electron chi connectivity index (χ3n) is 2.80. The maximum absolute atomic E-state index is 12.1. The second-order valence-electron chi connectivity index (χ2n) is 4.25. The van der Waals surface area contributed by atoms with Crippen molar-refractivity contribution < 1.29 is 23.9 Å². The maximum atomic E-state index is 12.1. The molecule has 1 aromatic carbocycles. The lowest BCUT2D eigenvalue weighted by molar-refractivity contribution is -0.150. The van der Waals surface area contributed by atoms with Gasteiger partial charge in [0.05, 0.1) is 6.42 Å². The van der Waals surface area contributed by atoms with Crippen molar-refractivity contribution in [3.05, 3.63) is 35.4 Å². The normalized spacial score (nSPS) is 13.9. The van der Waals surface area contributed by atoms with Gasteiger partial charge in [0.2, 0.25) is 5.91 Å². The Labute approximate surface area is 114 Å². The van der Waals surface area contributed by atoms with E-state index in [9.17, 15) is 19.2 Å². The molecule has 0 radical (unpaired) electrons. The molecule has 7 heteroatoms. The minimum atomic E-state index is -0.857. The van der Waals surface area contributed by atoms with Gasteiger partial charge in [0.25, 0.3) is 11.8 Å². The number of carbonyl (C=O) groups is 4. The smallest absolute Gasteiger partial charge is 0.326 e. The Morgan fingerprint density at radius 2 is 1.95 bits per heavy atom. The van der Waals surface area contributed by atoms with Crippen molar-refractivity contribution in [1.82, 2.24) is 4.90 Å². The van der Waals surface area contributed by atoms with Gasteiger partial charge in [-0.15, -0.1) is 0 Å². The van der Waals surface area contributed by atoms with E-state index >= 15 is 0 Å². The number of hydrogen-bond acceptors (Lipinski definition) is 5. The van der Waals surface area contributed by atoms with Gasteiger partial charge in [0.1, 0.15) is 6.54 Å². The van der Waals surface area contributed by atoms with Crippen molar-refractivity contribution in [2.24, 2.45) is 5.73 Å². The molecule has 0 bridgehead atoms. The number of esters is 1. The Hall–Kier alpha value is -2.70. The van der Waals surface area contributed by atoms with Crippen molar-refractivity contribution in [3.8, 4) is 0 Å². The van der Waals surface area contributed by atoms with E-state index in [0.717, 1.165) is 4.90 Å². The van der Waals surface area contributed by atoms with Gasteiger partial charge in [-0.05, 0) is 11.6 Å². The zero-order valence-electron chi connectivity index (χ0n) is 10.5. The van der Waals surface area contributed by atoms with Crippen LogP contribution in [0.25, 0.3) is 0 Å². The zero-order chi connectivity index (χ0) is 14.7. The standard InChI is InChI=1S/C13H12N2O5/c14-10(16)7-20-12(18)6-15-11(17)5-8-3-1-2-4-9(8)13(15)19/h1-4H,5-7H2,(H2,14,16). The summed E-state index contributed by atoms with van der Waals surface area (Å²) in [6.45, 7) is -1.11. The molecule has 0 aliphatic carbocycles. The number of amides is 3. The number of primary amides is 1. The molecule has 20 heavy (non-hydrogen) atoms. The molecule has 3 amide bonds. The van der Waals surface area contributed by atoms with Gasteiger partial charge in [-0.25, -0.2) is 0 Å². The van der Waals surface area contributed by atoms with E-state index < -0.39 is 36.8 Å². The molecule has 2 N–H and O–H groups in total. The van der Waals surface area contributed by atoms with Gasteiger partial charge in [-0.2, -0.15) is 0 Å². The molecule has 104 valence electrons. The summed E-state index contributed by atoms with van der Waals surface area (Å²) in [5.74, 6) is -2.69. The summed E-state index contributed by atoms with van der Waals surface area (Å²) in [6, 6.07) is 6.69. The molecule has 0 unspecified atom stereocenters. The second kappa shape index (κ2) is 5.52. The molecule has 1 heterocycles. The number of ether oxygens (including phenoxy) is 1. The number of hydrogen-bond donors (Lipinski definition) is 1. The van der Waals surface area contributed by atoms with Crippen molar-refractivity contribution in [2.75, 3.05) is 13.2 Å². The number of nitrogens with zero attached hydrogens (tertiary/aromatic N) is 1. The first-order chi connectivity index (χ1) is 9.49.